The van der Waals surface area contributed by atoms with Crippen LogP contribution in [0.15, 0.2) is 17.5 Å². The van der Waals surface area contributed by atoms with Gasteiger partial charge in [0, 0.05) is 17.0 Å². The lowest BCUT2D eigenvalue weighted by Gasteiger charge is -2.38. The molecule has 1 heterocycles. The Morgan fingerprint density at radius 3 is 2.58 bits per heavy atom. The molecule has 0 aliphatic heterocycles. The Labute approximate surface area is 119 Å². The van der Waals surface area contributed by atoms with Crippen LogP contribution in [0.4, 0.5) is 0 Å². The standard InChI is InChI=1S/C14H25NO3S/c1-13(2,14(3,4)17)15-8-11(16)9-18-10-12-6-5-7-19-12/h5-7,11,15-17H,8-10H2,1-4H3. The van der Waals surface area contributed by atoms with Gasteiger partial charge in [-0.15, -0.1) is 11.3 Å². The molecular formula is C14H25NO3S. The second-order valence-corrected chi connectivity index (χ2v) is 6.85. The largest absolute Gasteiger partial charge is 0.389 e. The van der Waals surface area contributed by atoms with Crippen molar-refractivity contribution >= 4 is 11.3 Å². The molecule has 0 amide bonds. The second-order valence-electron chi connectivity index (χ2n) is 5.81. The monoisotopic (exact) mass is 287 g/mol. The zero-order valence-corrected chi connectivity index (χ0v) is 13.0. The van der Waals surface area contributed by atoms with E-state index in [1.54, 1.807) is 25.2 Å². The third kappa shape index (κ3) is 5.58. The van der Waals surface area contributed by atoms with E-state index in [1.165, 1.54) is 0 Å². The van der Waals surface area contributed by atoms with Gasteiger partial charge in [-0.2, -0.15) is 0 Å². The van der Waals surface area contributed by atoms with Crippen LogP contribution >= 0.6 is 11.3 Å². The first-order valence-corrected chi connectivity index (χ1v) is 7.36. The summed E-state index contributed by atoms with van der Waals surface area (Å²) in [4.78, 5) is 1.15. The zero-order chi connectivity index (χ0) is 14.5. The van der Waals surface area contributed by atoms with Crippen molar-refractivity contribution in [3.63, 3.8) is 0 Å². The van der Waals surface area contributed by atoms with Gasteiger partial charge >= 0.3 is 0 Å². The van der Waals surface area contributed by atoms with Gasteiger partial charge in [0.1, 0.15) is 0 Å². The lowest BCUT2D eigenvalue weighted by atomic mass is 9.86. The fourth-order valence-electron chi connectivity index (χ4n) is 1.34. The molecule has 1 aromatic rings. The van der Waals surface area contributed by atoms with Crippen LogP contribution in [0, 0.1) is 0 Å². The first-order valence-electron chi connectivity index (χ1n) is 6.48. The lowest BCUT2D eigenvalue weighted by molar-refractivity contribution is -0.0189. The van der Waals surface area contributed by atoms with Crippen molar-refractivity contribution in [2.45, 2.75) is 51.5 Å². The summed E-state index contributed by atoms with van der Waals surface area (Å²) in [5, 5.41) is 25.0. The van der Waals surface area contributed by atoms with Crippen LogP contribution in [0.25, 0.3) is 0 Å². The number of β-amino-alcohol motifs (C(OH)–C–C–N with tert-alkyl or cyclic N) is 1. The Morgan fingerprint density at radius 2 is 2.05 bits per heavy atom. The van der Waals surface area contributed by atoms with Crippen molar-refractivity contribution < 1.29 is 14.9 Å². The number of thiophene rings is 1. The number of nitrogens with one attached hydrogen (secondary N) is 1. The van der Waals surface area contributed by atoms with E-state index in [0.29, 0.717) is 13.2 Å². The maximum absolute atomic E-state index is 9.99. The van der Waals surface area contributed by atoms with Gasteiger partial charge in [-0.25, -0.2) is 0 Å². The Kier molecular flexibility index (Phi) is 5.95. The number of ether oxygens (including phenoxy) is 1. The first-order chi connectivity index (χ1) is 8.72. The van der Waals surface area contributed by atoms with Crippen LogP contribution in [0.3, 0.4) is 0 Å². The summed E-state index contributed by atoms with van der Waals surface area (Å²) >= 11 is 1.64. The highest BCUT2D eigenvalue weighted by molar-refractivity contribution is 7.09. The lowest BCUT2D eigenvalue weighted by Crippen LogP contribution is -2.57. The molecule has 5 heteroatoms. The summed E-state index contributed by atoms with van der Waals surface area (Å²) in [5.41, 5.74) is -1.33. The summed E-state index contributed by atoms with van der Waals surface area (Å²) < 4.78 is 5.45. The third-order valence-corrected chi connectivity index (χ3v) is 4.29. The minimum Gasteiger partial charge on any atom is -0.389 e. The van der Waals surface area contributed by atoms with Crippen molar-refractivity contribution in [1.82, 2.24) is 5.32 Å². The molecule has 1 atom stereocenters. The molecule has 19 heavy (non-hydrogen) atoms. The highest BCUT2D eigenvalue weighted by Gasteiger charge is 2.34. The highest BCUT2D eigenvalue weighted by Crippen LogP contribution is 2.20. The average Bonchev–Trinajstić information content (AvgIpc) is 2.78. The maximum atomic E-state index is 9.99. The smallest absolute Gasteiger partial charge is 0.0898 e. The van der Waals surface area contributed by atoms with E-state index in [0.717, 1.165) is 4.88 Å². The van der Waals surface area contributed by atoms with Gasteiger partial charge in [-0.05, 0) is 39.1 Å². The zero-order valence-electron chi connectivity index (χ0n) is 12.1. The van der Waals surface area contributed by atoms with E-state index in [-0.39, 0.29) is 6.61 Å². The van der Waals surface area contributed by atoms with Crippen LogP contribution in [-0.4, -0.2) is 40.6 Å². The summed E-state index contributed by atoms with van der Waals surface area (Å²) in [6.45, 7) is 8.52. The molecule has 0 aliphatic carbocycles. The molecule has 1 rings (SSSR count). The van der Waals surface area contributed by atoms with Crippen molar-refractivity contribution in [2.75, 3.05) is 13.2 Å². The summed E-state index contributed by atoms with van der Waals surface area (Å²) in [5.74, 6) is 0. The number of hydrogen-bond acceptors (Lipinski definition) is 5. The normalized spacial score (nSPS) is 14.6. The van der Waals surface area contributed by atoms with Gasteiger partial charge in [-0.3, -0.25) is 0 Å². The van der Waals surface area contributed by atoms with E-state index in [4.69, 9.17) is 4.74 Å². The number of rotatable bonds is 8. The SMILES string of the molecule is CC(C)(O)C(C)(C)NCC(O)COCc1cccs1. The summed E-state index contributed by atoms with van der Waals surface area (Å²) in [7, 11) is 0. The Hall–Kier alpha value is -0.460. The van der Waals surface area contributed by atoms with Crippen molar-refractivity contribution in [1.29, 1.82) is 0 Å². The predicted molar refractivity (Wildman–Crippen MR) is 78.4 cm³/mol. The Bertz CT molecular complexity index is 357. The molecule has 3 N–H and O–H groups in total. The van der Waals surface area contributed by atoms with Crippen molar-refractivity contribution in [2.24, 2.45) is 0 Å². The minimum absolute atomic E-state index is 0.285. The molecule has 1 aromatic heterocycles. The Morgan fingerprint density at radius 1 is 1.37 bits per heavy atom. The molecule has 0 fully saturated rings. The molecule has 0 saturated carbocycles. The molecule has 4 nitrogen and oxygen atoms in total. The first kappa shape index (κ1) is 16.6. The van der Waals surface area contributed by atoms with Crippen molar-refractivity contribution in [3.8, 4) is 0 Å². The van der Waals surface area contributed by atoms with Crippen LogP contribution in [0.2, 0.25) is 0 Å². The third-order valence-electron chi connectivity index (χ3n) is 3.44. The molecule has 0 bridgehead atoms. The number of hydrogen-bond donors (Lipinski definition) is 3. The van der Waals surface area contributed by atoms with Gasteiger partial charge in [0.2, 0.25) is 0 Å². The topological polar surface area (TPSA) is 61.7 Å². The van der Waals surface area contributed by atoms with E-state index in [1.807, 2.05) is 31.4 Å². The fourth-order valence-corrected chi connectivity index (χ4v) is 1.98. The van der Waals surface area contributed by atoms with Crippen LogP contribution in [-0.2, 0) is 11.3 Å². The van der Waals surface area contributed by atoms with Crippen molar-refractivity contribution in [3.05, 3.63) is 22.4 Å². The van der Waals surface area contributed by atoms with Crippen LogP contribution < -0.4 is 5.32 Å². The fraction of sp³-hybridized carbons (Fsp3) is 0.714. The molecular weight excluding hydrogens is 262 g/mol. The highest BCUT2D eigenvalue weighted by atomic mass is 32.1. The van der Waals surface area contributed by atoms with Crippen LogP contribution in [0.1, 0.15) is 32.6 Å². The summed E-state index contributed by atoms with van der Waals surface area (Å²) in [6.07, 6.45) is -0.582. The van der Waals surface area contributed by atoms with Gasteiger partial charge in [-0.1, -0.05) is 6.07 Å². The average molecular weight is 287 g/mol. The molecule has 0 aromatic carbocycles. The van der Waals surface area contributed by atoms with Gasteiger partial charge < -0.3 is 20.3 Å². The van der Waals surface area contributed by atoms with E-state index in [2.05, 4.69) is 5.32 Å². The Balaban J connectivity index is 2.22. The molecule has 0 radical (unpaired) electrons. The van der Waals surface area contributed by atoms with Gasteiger partial charge in [0.25, 0.3) is 0 Å². The molecule has 1 unspecified atom stereocenters. The molecule has 0 aliphatic rings. The number of aliphatic hydroxyl groups excluding tert-OH is 1. The quantitative estimate of drug-likeness (QED) is 0.682. The minimum atomic E-state index is -0.857. The predicted octanol–water partition coefficient (Wildman–Crippen LogP) is 1.76. The van der Waals surface area contributed by atoms with E-state index in [9.17, 15) is 10.2 Å². The maximum Gasteiger partial charge on any atom is 0.0898 e. The van der Waals surface area contributed by atoms with Crippen LogP contribution in [0.5, 0.6) is 0 Å². The second kappa shape index (κ2) is 6.81. The molecule has 0 spiro atoms. The van der Waals surface area contributed by atoms with E-state index >= 15 is 0 Å². The van der Waals surface area contributed by atoms with E-state index < -0.39 is 17.2 Å². The molecule has 110 valence electrons. The number of aliphatic hydroxyl groups is 2. The molecule has 0 saturated heterocycles. The summed E-state index contributed by atoms with van der Waals surface area (Å²) in [6, 6.07) is 3.99. The van der Waals surface area contributed by atoms with Gasteiger partial charge in [0.05, 0.1) is 24.9 Å². The van der Waals surface area contributed by atoms with Gasteiger partial charge in [0.15, 0.2) is 0 Å².